The molecule has 3 rings (SSSR count). The first-order chi connectivity index (χ1) is 13.3. The van der Waals surface area contributed by atoms with Crippen LogP contribution >= 0.6 is 0 Å². The largest absolute Gasteiger partial charge is 0.573 e. The molecule has 1 aromatic heterocycles. The van der Waals surface area contributed by atoms with Gasteiger partial charge in [0.15, 0.2) is 5.82 Å². The number of halogens is 3. The number of hydrogen-bond donors (Lipinski definition) is 1. The number of ether oxygens (including phenoxy) is 1. The van der Waals surface area contributed by atoms with Crippen molar-refractivity contribution in [2.45, 2.75) is 13.3 Å². The Morgan fingerprint density at radius 2 is 2.00 bits per heavy atom. The molecule has 1 aliphatic rings. The normalized spacial score (nSPS) is 13.6. The summed E-state index contributed by atoms with van der Waals surface area (Å²) in [6, 6.07) is 8.54. The van der Waals surface area contributed by atoms with E-state index in [0.717, 1.165) is 0 Å². The van der Waals surface area contributed by atoms with Crippen molar-refractivity contribution >= 4 is 29.0 Å². The van der Waals surface area contributed by atoms with Gasteiger partial charge in [-0.25, -0.2) is 4.98 Å². The summed E-state index contributed by atoms with van der Waals surface area (Å²) >= 11 is 0. The third kappa shape index (κ3) is 4.51. The number of anilines is 3. The van der Waals surface area contributed by atoms with Crippen LogP contribution in [0, 0.1) is 0 Å². The molecule has 1 N–H and O–H groups in total. The summed E-state index contributed by atoms with van der Waals surface area (Å²) in [5.74, 6) is -0.667. The van der Waals surface area contributed by atoms with Crippen molar-refractivity contribution in [1.29, 1.82) is 0 Å². The number of likely N-dealkylation sites (N-methyl/N-ethyl adjacent to an activating group) is 1. The zero-order valence-electron chi connectivity index (χ0n) is 14.9. The van der Waals surface area contributed by atoms with Gasteiger partial charge in [-0.2, -0.15) is 0 Å². The number of nitrogens with one attached hydrogen (secondary N) is 1. The zero-order chi connectivity index (χ0) is 20.3. The maximum atomic E-state index is 12.8. The number of aromatic nitrogens is 1. The molecule has 10 heteroatoms. The SMILES string of the molecule is CCN(CC(=O)N1CC(=O)Nc2cccnc21)c1ccc(OC(F)(F)F)cc1. The number of rotatable bonds is 5. The summed E-state index contributed by atoms with van der Waals surface area (Å²) in [5.41, 5.74) is 0.997. The van der Waals surface area contributed by atoms with Gasteiger partial charge >= 0.3 is 6.36 Å². The van der Waals surface area contributed by atoms with E-state index in [2.05, 4.69) is 15.0 Å². The quantitative estimate of drug-likeness (QED) is 0.844. The van der Waals surface area contributed by atoms with E-state index in [1.54, 1.807) is 17.0 Å². The van der Waals surface area contributed by atoms with E-state index in [9.17, 15) is 22.8 Å². The Morgan fingerprint density at radius 3 is 2.64 bits per heavy atom. The van der Waals surface area contributed by atoms with Gasteiger partial charge in [0.2, 0.25) is 11.8 Å². The summed E-state index contributed by atoms with van der Waals surface area (Å²) in [6.07, 6.45) is -3.25. The Balaban J connectivity index is 1.74. The number of pyridine rings is 1. The van der Waals surface area contributed by atoms with Crippen LogP contribution in [-0.4, -0.2) is 42.8 Å². The van der Waals surface area contributed by atoms with E-state index in [-0.39, 0.29) is 30.7 Å². The monoisotopic (exact) mass is 394 g/mol. The van der Waals surface area contributed by atoms with E-state index in [1.165, 1.54) is 35.4 Å². The van der Waals surface area contributed by atoms with Crippen molar-refractivity contribution in [1.82, 2.24) is 4.98 Å². The molecule has 148 valence electrons. The molecule has 0 saturated heterocycles. The van der Waals surface area contributed by atoms with Crippen LogP contribution in [0.1, 0.15) is 6.92 Å². The molecule has 28 heavy (non-hydrogen) atoms. The molecule has 2 aromatic rings. The first-order valence-electron chi connectivity index (χ1n) is 8.43. The van der Waals surface area contributed by atoms with Crippen molar-refractivity contribution in [2.24, 2.45) is 0 Å². The third-order valence-electron chi connectivity index (χ3n) is 4.06. The minimum Gasteiger partial charge on any atom is -0.406 e. The average Bonchev–Trinajstić information content (AvgIpc) is 2.64. The molecule has 2 heterocycles. The van der Waals surface area contributed by atoms with Crippen LogP contribution in [0.25, 0.3) is 0 Å². The summed E-state index contributed by atoms with van der Waals surface area (Å²) in [5, 5.41) is 2.65. The fourth-order valence-corrected chi connectivity index (χ4v) is 2.82. The number of benzene rings is 1. The first-order valence-corrected chi connectivity index (χ1v) is 8.43. The molecule has 7 nitrogen and oxygen atoms in total. The van der Waals surface area contributed by atoms with Crippen molar-refractivity contribution < 1.29 is 27.5 Å². The summed E-state index contributed by atoms with van der Waals surface area (Å²) in [6.45, 7) is 2.01. The van der Waals surface area contributed by atoms with Crippen LogP contribution in [0.2, 0.25) is 0 Å². The van der Waals surface area contributed by atoms with Gasteiger partial charge in [-0.1, -0.05) is 0 Å². The predicted molar refractivity (Wildman–Crippen MR) is 96.2 cm³/mol. The molecule has 0 fully saturated rings. The number of alkyl halides is 3. The molecule has 2 amide bonds. The lowest BCUT2D eigenvalue weighted by atomic mass is 10.2. The van der Waals surface area contributed by atoms with Crippen LogP contribution in [0.5, 0.6) is 5.75 Å². The number of nitrogens with zero attached hydrogens (tertiary/aromatic N) is 3. The van der Waals surface area contributed by atoms with Gasteiger partial charge in [0.1, 0.15) is 12.3 Å². The number of hydrogen-bond acceptors (Lipinski definition) is 5. The van der Waals surface area contributed by atoms with Gasteiger partial charge in [-0.05, 0) is 43.3 Å². The molecule has 0 atom stereocenters. The highest BCUT2D eigenvalue weighted by atomic mass is 19.4. The maximum Gasteiger partial charge on any atom is 0.573 e. The van der Waals surface area contributed by atoms with E-state index in [4.69, 9.17) is 0 Å². The van der Waals surface area contributed by atoms with Gasteiger partial charge in [-0.3, -0.25) is 14.5 Å². The smallest absolute Gasteiger partial charge is 0.406 e. The lowest BCUT2D eigenvalue weighted by Gasteiger charge is -2.30. The average molecular weight is 394 g/mol. The molecule has 0 radical (unpaired) electrons. The Bertz CT molecular complexity index is 871. The Morgan fingerprint density at radius 1 is 1.29 bits per heavy atom. The van der Waals surface area contributed by atoms with E-state index in [0.29, 0.717) is 23.7 Å². The van der Waals surface area contributed by atoms with Gasteiger partial charge in [-0.15, -0.1) is 13.2 Å². The summed E-state index contributed by atoms with van der Waals surface area (Å²) < 4.78 is 40.7. The minimum absolute atomic E-state index is 0.0702. The Labute approximate surface area is 158 Å². The van der Waals surface area contributed by atoms with E-state index < -0.39 is 6.36 Å². The number of amides is 2. The topological polar surface area (TPSA) is 74.8 Å². The molecule has 0 bridgehead atoms. The van der Waals surface area contributed by atoms with Crippen molar-refractivity contribution in [3.8, 4) is 5.75 Å². The number of carbonyl (C=O) groups excluding carboxylic acids is 2. The fourth-order valence-electron chi connectivity index (χ4n) is 2.82. The second-order valence-corrected chi connectivity index (χ2v) is 5.96. The number of fused-ring (bicyclic) bond motifs is 1. The molecule has 0 unspecified atom stereocenters. The van der Waals surface area contributed by atoms with Gasteiger partial charge in [0.25, 0.3) is 0 Å². The molecule has 0 aliphatic carbocycles. The zero-order valence-corrected chi connectivity index (χ0v) is 14.9. The summed E-state index contributed by atoms with van der Waals surface area (Å²) in [7, 11) is 0. The number of carbonyl (C=O) groups is 2. The van der Waals surface area contributed by atoms with Crippen molar-refractivity contribution in [3.63, 3.8) is 0 Å². The van der Waals surface area contributed by atoms with E-state index in [1.807, 2.05) is 6.92 Å². The Hall–Kier alpha value is -3.30. The lowest BCUT2D eigenvalue weighted by molar-refractivity contribution is -0.274. The van der Waals surface area contributed by atoms with Gasteiger partial charge in [0, 0.05) is 18.4 Å². The van der Waals surface area contributed by atoms with Crippen LogP contribution < -0.4 is 19.9 Å². The van der Waals surface area contributed by atoms with Gasteiger partial charge < -0.3 is 15.0 Å². The summed E-state index contributed by atoms with van der Waals surface area (Å²) in [4.78, 5) is 31.8. The highest BCUT2D eigenvalue weighted by Gasteiger charge is 2.31. The molecule has 1 aromatic carbocycles. The molecule has 1 aliphatic heterocycles. The van der Waals surface area contributed by atoms with Crippen LogP contribution in [0.15, 0.2) is 42.6 Å². The van der Waals surface area contributed by atoms with Gasteiger partial charge in [0.05, 0.1) is 12.2 Å². The van der Waals surface area contributed by atoms with Crippen molar-refractivity contribution in [2.75, 3.05) is 34.8 Å². The van der Waals surface area contributed by atoms with Crippen LogP contribution in [0.3, 0.4) is 0 Å². The predicted octanol–water partition coefficient (Wildman–Crippen LogP) is 2.79. The second kappa shape index (κ2) is 7.75. The van der Waals surface area contributed by atoms with E-state index >= 15 is 0 Å². The first kappa shape index (κ1) is 19.5. The standard InChI is InChI=1S/C18H17F3N4O3/c1-2-24(12-5-7-13(8-6-12)28-18(19,20)21)11-16(27)25-10-15(26)23-14-4-3-9-22-17(14)25/h3-9H,2,10-11H2,1H3,(H,23,26). The molecule has 0 spiro atoms. The highest BCUT2D eigenvalue weighted by Crippen LogP contribution is 2.28. The maximum absolute atomic E-state index is 12.8. The minimum atomic E-state index is -4.77. The third-order valence-corrected chi connectivity index (χ3v) is 4.06. The molecular weight excluding hydrogens is 377 g/mol. The van der Waals surface area contributed by atoms with Crippen LogP contribution in [0.4, 0.5) is 30.4 Å². The fraction of sp³-hybridized carbons (Fsp3) is 0.278. The molecular formula is C18H17F3N4O3. The lowest BCUT2D eigenvalue weighted by Crippen LogP contribution is -2.47. The molecule has 0 saturated carbocycles. The Kier molecular flexibility index (Phi) is 5.39. The van der Waals surface area contributed by atoms with Crippen LogP contribution in [-0.2, 0) is 9.59 Å². The second-order valence-electron chi connectivity index (χ2n) is 5.96. The highest BCUT2D eigenvalue weighted by molar-refractivity contribution is 6.09. The van der Waals surface area contributed by atoms with Crippen molar-refractivity contribution in [3.05, 3.63) is 42.6 Å².